The van der Waals surface area contributed by atoms with Gasteiger partial charge >= 0.3 is 5.97 Å². The summed E-state index contributed by atoms with van der Waals surface area (Å²) in [5.74, 6) is -0.306. The summed E-state index contributed by atoms with van der Waals surface area (Å²) in [6.45, 7) is 0.252. The standard InChI is InChI=1S/C23H20N2O2/c26-23(27-16-17-7-3-1-4-8-17)22(18-9-5-2-6-10-18)25-20-11-12-21-19(15-20)13-14-24-21/h1-15,22,24-25H,16H2/t22-/m0/s1. The summed E-state index contributed by atoms with van der Waals surface area (Å²) in [5, 5.41) is 4.41. The lowest BCUT2D eigenvalue weighted by Gasteiger charge is -2.19. The second-order valence-corrected chi connectivity index (χ2v) is 6.36. The molecule has 0 radical (unpaired) electrons. The van der Waals surface area contributed by atoms with Gasteiger partial charge in [-0.2, -0.15) is 0 Å². The second kappa shape index (κ2) is 7.79. The highest BCUT2D eigenvalue weighted by Gasteiger charge is 2.22. The van der Waals surface area contributed by atoms with Crippen molar-refractivity contribution in [3.8, 4) is 0 Å². The number of carbonyl (C=O) groups excluding carboxylic acids is 1. The molecule has 0 aliphatic rings. The Hall–Kier alpha value is -3.53. The Morgan fingerprint density at radius 3 is 2.44 bits per heavy atom. The summed E-state index contributed by atoms with van der Waals surface area (Å²) >= 11 is 0. The van der Waals surface area contributed by atoms with Gasteiger partial charge in [0.25, 0.3) is 0 Å². The molecule has 2 N–H and O–H groups in total. The summed E-state index contributed by atoms with van der Waals surface area (Å²) in [6, 6.07) is 26.7. The molecule has 0 unspecified atom stereocenters. The van der Waals surface area contributed by atoms with E-state index in [4.69, 9.17) is 4.74 Å². The number of rotatable bonds is 6. The summed E-state index contributed by atoms with van der Waals surface area (Å²) in [5.41, 5.74) is 3.76. The maximum Gasteiger partial charge on any atom is 0.333 e. The van der Waals surface area contributed by atoms with Crippen LogP contribution in [0, 0.1) is 0 Å². The van der Waals surface area contributed by atoms with Crippen molar-refractivity contribution in [3.63, 3.8) is 0 Å². The minimum absolute atomic E-state index is 0.252. The fraction of sp³-hybridized carbons (Fsp3) is 0.0870. The number of fused-ring (bicyclic) bond motifs is 1. The third kappa shape index (κ3) is 4.01. The predicted octanol–water partition coefficient (Wildman–Crippen LogP) is 5.06. The minimum atomic E-state index is -0.577. The van der Waals surface area contributed by atoms with Crippen molar-refractivity contribution < 1.29 is 9.53 Å². The smallest absolute Gasteiger partial charge is 0.333 e. The first-order valence-electron chi connectivity index (χ1n) is 8.89. The summed E-state index contributed by atoms with van der Waals surface area (Å²) in [7, 11) is 0. The average molecular weight is 356 g/mol. The summed E-state index contributed by atoms with van der Waals surface area (Å²) in [6.07, 6.45) is 1.90. The average Bonchev–Trinajstić information content (AvgIpc) is 3.19. The maximum atomic E-state index is 12.8. The molecule has 1 atom stereocenters. The van der Waals surface area contributed by atoms with Crippen LogP contribution >= 0.6 is 0 Å². The van der Waals surface area contributed by atoms with Crippen molar-refractivity contribution in [2.75, 3.05) is 5.32 Å². The Labute approximate surface area is 157 Å². The highest BCUT2D eigenvalue weighted by molar-refractivity contribution is 5.85. The van der Waals surface area contributed by atoms with Crippen LogP contribution in [-0.2, 0) is 16.1 Å². The molecular weight excluding hydrogens is 336 g/mol. The van der Waals surface area contributed by atoms with E-state index in [2.05, 4.69) is 10.3 Å². The lowest BCUT2D eigenvalue weighted by atomic mass is 10.1. The summed E-state index contributed by atoms with van der Waals surface area (Å²) < 4.78 is 5.58. The number of aromatic amines is 1. The van der Waals surface area contributed by atoms with Crippen LogP contribution in [0.25, 0.3) is 10.9 Å². The van der Waals surface area contributed by atoms with Gasteiger partial charge in [-0.3, -0.25) is 0 Å². The van der Waals surface area contributed by atoms with Crippen molar-refractivity contribution in [2.24, 2.45) is 0 Å². The van der Waals surface area contributed by atoms with Crippen LogP contribution in [0.15, 0.2) is 91.1 Å². The zero-order chi connectivity index (χ0) is 18.5. The molecule has 0 aliphatic carbocycles. The van der Waals surface area contributed by atoms with Crippen LogP contribution in [0.1, 0.15) is 17.2 Å². The van der Waals surface area contributed by atoms with Gasteiger partial charge in [-0.1, -0.05) is 60.7 Å². The SMILES string of the molecule is O=C(OCc1ccccc1)[C@@H](Nc1ccc2[nH]ccc2c1)c1ccccc1. The number of aromatic nitrogens is 1. The van der Waals surface area contributed by atoms with E-state index in [1.54, 1.807) is 0 Å². The molecule has 1 heterocycles. The van der Waals surface area contributed by atoms with Gasteiger partial charge in [0.2, 0.25) is 0 Å². The number of H-pyrrole nitrogens is 1. The predicted molar refractivity (Wildman–Crippen MR) is 107 cm³/mol. The van der Waals surface area contributed by atoms with E-state index in [1.807, 2.05) is 91.1 Å². The first kappa shape index (κ1) is 16.9. The normalized spacial score (nSPS) is 11.9. The quantitative estimate of drug-likeness (QED) is 0.475. The molecule has 0 bridgehead atoms. The van der Waals surface area contributed by atoms with Crippen LogP contribution in [-0.4, -0.2) is 11.0 Å². The van der Waals surface area contributed by atoms with Gasteiger partial charge in [-0.15, -0.1) is 0 Å². The first-order chi connectivity index (χ1) is 13.3. The number of carbonyl (C=O) groups is 1. The van der Waals surface area contributed by atoms with Crippen molar-refractivity contribution >= 4 is 22.6 Å². The van der Waals surface area contributed by atoms with Gasteiger partial charge in [0, 0.05) is 22.8 Å². The molecule has 0 saturated carbocycles. The van der Waals surface area contributed by atoms with Crippen LogP contribution in [0.2, 0.25) is 0 Å². The molecule has 0 aliphatic heterocycles. The Bertz CT molecular complexity index is 1030. The molecular formula is C23H20N2O2. The lowest BCUT2D eigenvalue weighted by molar-refractivity contribution is -0.146. The van der Waals surface area contributed by atoms with E-state index < -0.39 is 6.04 Å². The van der Waals surface area contributed by atoms with E-state index in [0.29, 0.717) is 0 Å². The van der Waals surface area contributed by atoms with Crippen molar-refractivity contribution in [1.82, 2.24) is 4.98 Å². The molecule has 0 saturated heterocycles. The molecule has 1 aromatic heterocycles. The number of esters is 1. The zero-order valence-electron chi connectivity index (χ0n) is 14.8. The molecule has 4 rings (SSSR count). The third-order valence-electron chi connectivity index (χ3n) is 4.46. The van der Waals surface area contributed by atoms with E-state index in [1.165, 1.54) is 0 Å². The highest BCUT2D eigenvalue weighted by atomic mass is 16.5. The lowest BCUT2D eigenvalue weighted by Crippen LogP contribution is -2.23. The number of nitrogens with one attached hydrogen (secondary N) is 2. The zero-order valence-corrected chi connectivity index (χ0v) is 14.8. The molecule has 4 nitrogen and oxygen atoms in total. The van der Waals surface area contributed by atoms with Gasteiger partial charge < -0.3 is 15.0 Å². The molecule has 4 heteroatoms. The van der Waals surface area contributed by atoms with E-state index in [-0.39, 0.29) is 12.6 Å². The van der Waals surface area contributed by atoms with Crippen LogP contribution < -0.4 is 5.32 Å². The van der Waals surface area contributed by atoms with Crippen molar-refractivity contribution in [3.05, 3.63) is 102 Å². The fourth-order valence-electron chi connectivity index (χ4n) is 3.05. The largest absolute Gasteiger partial charge is 0.459 e. The van der Waals surface area contributed by atoms with Crippen molar-refractivity contribution in [1.29, 1.82) is 0 Å². The van der Waals surface area contributed by atoms with Crippen LogP contribution in [0.3, 0.4) is 0 Å². The number of benzene rings is 3. The number of anilines is 1. The minimum Gasteiger partial charge on any atom is -0.459 e. The van der Waals surface area contributed by atoms with Crippen LogP contribution in [0.5, 0.6) is 0 Å². The van der Waals surface area contributed by atoms with Gasteiger partial charge in [-0.25, -0.2) is 4.79 Å². The first-order valence-corrected chi connectivity index (χ1v) is 8.89. The second-order valence-electron chi connectivity index (χ2n) is 6.36. The number of hydrogen-bond acceptors (Lipinski definition) is 3. The molecule has 27 heavy (non-hydrogen) atoms. The monoisotopic (exact) mass is 356 g/mol. The van der Waals surface area contributed by atoms with Gasteiger partial charge in [0.1, 0.15) is 6.61 Å². The van der Waals surface area contributed by atoms with Gasteiger partial charge in [0.05, 0.1) is 0 Å². The molecule has 0 spiro atoms. The highest BCUT2D eigenvalue weighted by Crippen LogP contribution is 2.24. The Morgan fingerprint density at radius 2 is 1.67 bits per heavy atom. The molecule has 3 aromatic carbocycles. The third-order valence-corrected chi connectivity index (χ3v) is 4.46. The van der Waals surface area contributed by atoms with Gasteiger partial charge in [0.15, 0.2) is 6.04 Å². The Kier molecular flexibility index (Phi) is 4.88. The fourth-order valence-corrected chi connectivity index (χ4v) is 3.05. The van der Waals surface area contributed by atoms with Crippen molar-refractivity contribution in [2.45, 2.75) is 12.6 Å². The van der Waals surface area contributed by atoms with E-state index >= 15 is 0 Å². The maximum absolute atomic E-state index is 12.8. The molecule has 0 fully saturated rings. The molecule has 0 amide bonds. The summed E-state index contributed by atoms with van der Waals surface area (Å²) in [4.78, 5) is 16.0. The van der Waals surface area contributed by atoms with E-state index in [0.717, 1.165) is 27.7 Å². The van der Waals surface area contributed by atoms with Gasteiger partial charge in [-0.05, 0) is 35.4 Å². The topological polar surface area (TPSA) is 54.1 Å². The molecule has 134 valence electrons. The Balaban J connectivity index is 1.55. The van der Waals surface area contributed by atoms with Crippen LogP contribution in [0.4, 0.5) is 5.69 Å². The van der Waals surface area contributed by atoms with E-state index in [9.17, 15) is 4.79 Å². The number of ether oxygens (including phenoxy) is 1. The Morgan fingerprint density at radius 1 is 0.926 bits per heavy atom. The number of hydrogen-bond donors (Lipinski definition) is 2. The molecule has 4 aromatic rings.